The molecule has 0 fully saturated rings. The summed E-state index contributed by atoms with van der Waals surface area (Å²) in [5.74, 6) is -0.472. The van der Waals surface area contributed by atoms with Crippen LogP contribution in [-0.4, -0.2) is 65.4 Å². The molecule has 0 atom stereocenters. The minimum absolute atomic E-state index is 0.0687. The minimum atomic E-state index is -3.67. The van der Waals surface area contributed by atoms with Crippen molar-refractivity contribution in [2.45, 2.75) is 25.3 Å². The van der Waals surface area contributed by atoms with Crippen LogP contribution in [0.4, 0.5) is 16.2 Å². The largest absolute Gasteiger partial charge is 0.448 e. The van der Waals surface area contributed by atoms with Crippen LogP contribution in [0.15, 0.2) is 47.6 Å². The third-order valence-electron chi connectivity index (χ3n) is 4.74. The maximum atomic E-state index is 12.2. The monoisotopic (exact) mass is 483 g/mol. The Morgan fingerprint density at radius 2 is 1.78 bits per heavy atom. The molecule has 176 valence electrons. The average molecular weight is 484 g/mol. The van der Waals surface area contributed by atoms with Gasteiger partial charge < -0.3 is 9.64 Å². The lowest BCUT2D eigenvalue weighted by Gasteiger charge is -2.23. The van der Waals surface area contributed by atoms with Crippen molar-refractivity contribution in [2.24, 2.45) is 0 Å². The summed E-state index contributed by atoms with van der Waals surface area (Å²) in [7, 11) is -6.87. The minimum Gasteiger partial charge on any atom is -0.448 e. The van der Waals surface area contributed by atoms with E-state index in [0.717, 1.165) is 25.0 Å². The highest BCUT2D eigenvalue weighted by molar-refractivity contribution is 7.91. The van der Waals surface area contributed by atoms with E-state index in [1.807, 2.05) is 26.0 Å². The Balaban J connectivity index is 2.08. The van der Waals surface area contributed by atoms with Crippen molar-refractivity contribution in [2.75, 3.05) is 47.7 Å². The van der Waals surface area contributed by atoms with E-state index >= 15 is 0 Å². The first-order chi connectivity index (χ1) is 15.1. The van der Waals surface area contributed by atoms with Crippen LogP contribution in [0.3, 0.4) is 0 Å². The number of nitrogens with zero attached hydrogens (tertiary/aromatic N) is 2. The summed E-state index contributed by atoms with van der Waals surface area (Å²) in [6.45, 7) is 5.24. The number of pyridine rings is 1. The number of sulfone groups is 2. The van der Waals surface area contributed by atoms with Crippen LogP contribution in [0.25, 0.3) is 0 Å². The third-order valence-corrected chi connectivity index (χ3v) is 7.27. The standard InChI is InChI=1S/C21H29N3O6S2/c1-4-24(5-2)18-9-10-19(17(16-18)11-14-31(3,26)27)23-21(25)30-13-15-32(28,29)20-8-6-7-12-22-20/h6-10,12,16H,4-5,11,13-15H2,1-3H3,(H,23,25). The molecular weight excluding hydrogens is 454 g/mol. The smallest absolute Gasteiger partial charge is 0.411 e. The molecule has 1 aromatic carbocycles. The highest BCUT2D eigenvalue weighted by atomic mass is 32.2. The summed E-state index contributed by atoms with van der Waals surface area (Å²) >= 11 is 0. The first-order valence-corrected chi connectivity index (χ1v) is 13.9. The maximum absolute atomic E-state index is 12.2. The van der Waals surface area contributed by atoms with Gasteiger partial charge in [-0.05, 0) is 56.2 Å². The van der Waals surface area contributed by atoms with E-state index in [-0.39, 0.29) is 23.8 Å². The lowest BCUT2D eigenvalue weighted by atomic mass is 10.1. The van der Waals surface area contributed by atoms with Gasteiger partial charge in [0.1, 0.15) is 16.4 Å². The molecule has 1 amide bonds. The average Bonchev–Trinajstić information content (AvgIpc) is 2.74. The molecule has 0 bridgehead atoms. The summed E-state index contributed by atoms with van der Waals surface area (Å²) in [5, 5.41) is 2.51. The van der Waals surface area contributed by atoms with Crippen molar-refractivity contribution < 1.29 is 26.4 Å². The van der Waals surface area contributed by atoms with E-state index in [1.165, 1.54) is 12.3 Å². The normalized spacial score (nSPS) is 11.7. The molecule has 0 unspecified atom stereocenters. The predicted octanol–water partition coefficient (Wildman–Crippen LogP) is 2.54. The van der Waals surface area contributed by atoms with Gasteiger partial charge in [0.25, 0.3) is 0 Å². The fraction of sp³-hybridized carbons (Fsp3) is 0.429. The van der Waals surface area contributed by atoms with E-state index in [4.69, 9.17) is 4.74 Å². The molecule has 32 heavy (non-hydrogen) atoms. The molecule has 0 aliphatic heterocycles. The Morgan fingerprint density at radius 3 is 2.38 bits per heavy atom. The zero-order chi connectivity index (χ0) is 23.8. The van der Waals surface area contributed by atoms with E-state index in [9.17, 15) is 21.6 Å². The van der Waals surface area contributed by atoms with Crippen molar-refractivity contribution in [1.29, 1.82) is 0 Å². The number of aryl methyl sites for hydroxylation is 1. The van der Waals surface area contributed by atoms with E-state index in [2.05, 4.69) is 15.2 Å². The number of amides is 1. The molecule has 0 aliphatic carbocycles. The molecule has 11 heteroatoms. The van der Waals surface area contributed by atoms with Gasteiger partial charge in [0, 0.05) is 36.9 Å². The highest BCUT2D eigenvalue weighted by Crippen LogP contribution is 2.24. The van der Waals surface area contributed by atoms with Crippen LogP contribution in [0, 0.1) is 0 Å². The fourth-order valence-electron chi connectivity index (χ4n) is 3.02. The second kappa shape index (κ2) is 11.3. The topological polar surface area (TPSA) is 123 Å². The Kier molecular flexibility index (Phi) is 9.02. The Labute approximate surface area is 189 Å². The molecule has 0 saturated heterocycles. The molecule has 0 spiro atoms. The molecule has 2 rings (SSSR count). The summed E-state index contributed by atoms with van der Waals surface area (Å²) in [5.41, 5.74) is 1.99. The van der Waals surface area contributed by atoms with Gasteiger partial charge in [-0.15, -0.1) is 0 Å². The number of ether oxygens (including phenoxy) is 1. The maximum Gasteiger partial charge on any atom is 0.411 e. The zero-order valence-corrected chi connectivity index (χ0v) is 20.1. The third kappa shape index (κ3) is 7.79. The number of aromatic nitrogens is 1. The van der Waals surface area contributed by atoms with Gasteiger partial charge in [0.05, 0.1) is 11.5 Å². The summed E-state index contributed by atoms with van der Waals surface area (Å²) in [4.78, 5) is 18.2. The Morgan fingerprint density at radius 1 is 1.06 bits per heavy atom. The van der Waals surface area contributed by atoms with Crippen molar-refractivity contribution >= 4 is 37.1 Å². The highest BCUT2D eigenvalue weighted by Gasteiger charge is 2.17. The summed E-state index contributed by atoms with van der Waals surface area (Å²) in [6.07, 6.45) is 1.93. The van der Waals surface area contributed by atoms with Crippen LogP contribution < -0.4 is 10.2 Å². The fourth-order valence-corrected chi connectivity index (χ4v) is 4.63. The SMILES string of the molecule is CCN(CC)c1ccc(NC(=O)OCCS(=O)(=O)c2ccccn2)c(CCS(C)(=O)=O)c1. The molecule has 0 radical (unpaired) electrons. The van der Waals surface area contributed by atoms with Crippen LogP contribution in [0.5, 0.6) is 0 Å². The van der Waals surface area contributed by atoms with Crippen LogP contribution >= 0.6 is 0 Å². The van der Waals surface area contributed by atoms with Crippen LogP contribution in [0.2, 0.25) is 0 Å². The lowest BCUT2D eigenvalue weighted by molar-refractivity contribution is 0.168. The van der Waals surface area contributed by atoms with Crippen molar-refractivity contribution in [3.05, 3.63) is 48.2 Å². The Hall–Kier alpha value is -2.66. The van der Waals surface area contributed by atoms with Gasteiger partial charge in [-0.1, -0.05) is 6.07 Å². The van der Waals surface area contributed by atoms with Crippen molar-refractivity contribution in [3.63, 3.8) is 0 Å². The molecule has 9 nitrogen and oxygen atoms in total. The van der Waals surface area contributed by atoms with Crippen molar-refractivity contribution in [1.82, 2.24) is 4.98 Å². The molecular formula is C21H29N3O6S2. The number of nitrogens with one attached hydrogen (secondary N) is 1. The van der Waals surface area contributed by atoms with E-state index in [1.54, 1.807) is 18.2 Å². The lowest BCUT2D eigenvalue weighted by Crippen LogP contribution is -2.23. The van der Waals surface area contributed by atoms with Gasteiger partial charge in [-0.3, -0.25) is 5.32 Å². The molecule has 1 N–H and O–H groups in total. The van der Waals surface area contributed by atoms with Crippen molar-refractivity contribution in [3.8, 4) is 0 Å². The van der Waals surface area contributed by atoms with Gasteiger partial charge in [-0.25, -0.2) is 26.6 Å². The van der Waals surface area contributed by atoms with Gasteiger partial charge >= 0.3 is 6.09 Å². The van der Waals surface area contributed by atoms with Gasteiger partial charge in [0.15, 0.2) is 14.9 Å². The number of hydrogen-bond acceptors (Lipinski definition) is 8. The quantitative estimate of drug-likeness (QED) is 0.517. The molecule has 1 aromatic heterocycles. The van der Waals surface area contributed by atoms with Gasteiger partial charge in [0.2, 0.25) is 0 Å². The summed E-state index contributed by atoms with van der Waals surface area (Å²) in [6, 6.07) is 9.92. The molecule has 0 aliphatic rings. The predicted molar refractivity (Wildman–Crippen MR) is 125 cm³/mol. The second-order valence-electron chi connectivity index (χ2n) is 7.14. The number of carbonyl (C=O) groups is 1. The first kappa shape index (κ1) is 25.6. The second-order valence-corrected chi connectivity index (χ2v) is 11.5. The number of benzene rings is 1. The first-order valence-electron chi connectivity index (χ1n) is 10.2. The van der Waals surface area contributed by atoms with E-state index in [0.29, 0.717) is 11.3 Å². The molecule has 2 aromatic rings. The number of hydrogen-bond donors (Lipinski definition) is 1. The van der Waals surface area contributed by atoms with Gasteiger partial charge in [-0.2, -0.15) is 0 Å². The molecule has 0 saturated carbocycles. The van der Waals surface area contributed by atoms with E-state index < -0.39 is 31.5 Å². The van der Waals surface area contributed by atoms with Crippen LogP contribution in [-0.2, 0) is 30.8 Å². The Bertz CT molecular complexity index is 1120. The number of anilines is 2. The summed E-state index contributed by atoms with van der Waals surface area (Å²) < 4.78 is 52.8. The number of rotatable bonds is 11. The number of carbonyl (C=O) groups excluding carboxylic acids is 1. The molecule has 1 heterocycles. The zero-order valence-electron chi connectivity index (χ0n) is 18.4. The van der Waals surface area contributed by atoms with Crippen LogP contribution in [0.1, 0.15) is 19.4 Å².